The normalized spacial score (nSPS) is 11.7. The van der Waals surface area contributed by atoms with Crippen molar-refractivity contribution in [2.24, 2.45) is 0 Å². The molecule has 0 aromatic heterocycles. The molecule has 0 amide bonds. The Kier molecular flexibility index (Phi) is 5.75. The smallest absolute Gasteiger partial charge is 0.315 e. The molecule has 0 N–H and O–H groups in total. The van der Waals surface area contributed by atoms with Crippen LogP contribution in [0.5, 0.6) is 0 Å². The Balaban J connectivity index is 3.02. The highest BCUT2D eigenvalue weighted by Gasteiger charge is 2.31. The van der Waals surface area contributed by atoms with Crippen LogP contribution < -0.4 is 0 Å². The summed E-state index contributed by atoms with van der Waals surface area (Å²) >= 11 is 8.00. The summed E-state index contributed by atoms with van der Waals surface area (Å²) in [6.07, 6.45) is 0. The molecule has 0 saturated heterocycles. The van der Waals surface area contributed by atoms with Crippen LogP contribution in [0.1, 0.15) is 40.2 Å². The van der Waals surface area contributed by atoms with E-state index in [-0.39, 0.29) is 5.97 Å². The van der Waals surface area contributed by atoms with Crippen molar-refractivity contribution in [1.29, 1.82) is 0 Å². The van der Waals surface area contributed by atoms with Crippen molar-refractivity contribution < 1.29 is 9.53 Å². The topological polar surface area (TPSA) is 26.3 Å². The van der Waals surface area contributed by atoms with Gasteiger partial charge >= 0.3 is 5.97 Å². The molecule has 1 rings (SSSR count). The van der Waals surface area contributed by atoms with Crippen molar-refractivity contribution in [2.45, 2.75) is 50.2 Å². The van der Waals surface area contributed by atoms with Gasteiger partial charge in [0.15, 0.2) is 0 Å². The summed E-state index contributed by atoms with van der Waals surface area (Å²) in [6.45, 7) is 10.1. The van der Waals surface area contributed by atoms with Crippen molar-refractivity contribution in [3.63, 3.8) is 0 Å². The first kappa shape index (κ1) is 16.4. The van der Waals surface area contributed by atoms with Gasteiger partial charge in [-0.2, -0.15) is 0 Å². The summed E-state index contributed by atoms with van der Waals surface area (Å²) in [5.74, 6) is -0.227. The number of esters is 1. The molecule has 0 aliphatic carbocycles. The third-order valence-electron chi connectivity index (χ3n) is 2.80. The summed E-state index contributed by atoms with van der Waals surface area (Å²) in [5.41, 5.74) is 0.199. The zero-order valence-electron chi connectivity index (χ0n) is 12.1. The predicted molar refractivity (Wildman–Crippen MR) is 82.1 cm³/mol. The van der Waals surface area contributed by atoms with Gasteiger partial charge in [-0.05, 0) is 38.5 Å². The minimum absolute atomic E-state index is 0.227. The van der Waals surface area contributed by atoms with Gasteiger partial charge in [-0.25, -0.2) is 0 Å². The molecule has 0 spiro atoms. The minimum Gasteiger partial charge on any atom is -0.465 e. The molecule has 2 nitrogen and oxygen atoms in total. The predicted octanol–water partition coefficient (Wildman–Crippen LogP) is 4.68. The number of hydrogen-bond donors (Lipinski definition) is 0. The van der Waals surface area contributed by atoms with Gasteiger partial charge in [0, 0.05) is 10.1 Å². The number of benzene rings is 1. The number of carbonyl (C=O) groups excluding carboxylic acids is 1. The zero-order chi connectivity index (χ0) is 14.6. The fourth-order valence-corrected chi connectivity index (χ4v) is 2.81. The molecule has 0 radical (unpaired) electrons. The van der Waals surface area contributed by atoms with Crippen LogP contribution in [0.4, 0.5) is 0 Å². The molecular formula is C15H21ClO2S. The van der Waals surface area contributed by atoms with E-state index in [1.807, 2.05) is 39.0 Å². The molecule has 1 aromatic rings. The molecular weight excluding hydrogens is 280 g/mol. The fraction of sp³-hybridized carbons (Fsp3) is 0.533. The number of ether oxygens (including phenoxy) is 1. The second kappa shape index (κ2) is 6.67. The standard InChI is InChI=1S/C15H21ClO2S/c1-6-18-14(17)15(4,5)11-7-8-13(12(16)9-11)19-10(2)3/h7-10H,6H2,1-5H3. The van der Waals surface area contributed by atoms with Crippen LogP contribution in [0.2, 0.25) is 5.02 Å². The van der Waals surface area contributed by atoms with Gasteiger partial charge in [0.1, 0.15) is 0 Å². The van der Waals surface area contributed by atoms with Gasteiger partial charge in [-0.3, -0.25) is 4.79 Å². The van der Waals surface area contributed by atoms with Gasteiger partial charge in [-0.1, -0.05) is 31.5 Å². The Morgan fingerprint density at radius 3 is 2.53 bits per heavy atom. The highest BCUT2D eigenvalue weighted by molar-refractivity contribution is 8.00. The van der Waals surface area contributed by atoms with Crippen LogP contribution in [-0.4, -0.2) is 17.8 Å². The van der Waals surface area contributed by atoms with E-state index in [9.17, 15) is 4.79 Å². The van der Waals surface area contributed by atoms with E-state index in [0.717, 1.165) is 10.5 Å². The summed E-state index contributed by atoms with van der Waals surface area (Å²) in [6, 6.07) is 5.79. The Hall–Kier alpha value is -0.670. The van der Waals surface area contributed by atoms with E-state index >= 15 is 0 Å². The summed E-state index contributed by atoms with van der Waals surface area (Å²) in [5, 5.41) is 1.16. The monoisotopic (exact) mass is 300 g/mol. The number of rotatable bonds is 5. The van der Waals surface area contributed by atoms with Crippen molar-refractivity contribution in [3.05, 3.63) is 28.8 Å². The van der Waals surface area contributed by atoms with Crippen LogP contribution in [0.15, 0.2) is 23.1 Å². The van der Waals surface area contributed by atoms with Gasteiger partial charge in [-0.15, -0.1) is 11.8 Å². The molecule has 0 unspecified atom stereocenters. The molecule has 0 heterocycles. The molecule has 0 aliphatic rings. The lowest BCUT2D eigenvalue weighted by atomic mass is 9.85. The second-order valence-electron chi connectivity index (χ2n) is 5.16. The maximum absolute atomic E-state index is 12.0. The third-order valence-corrected chi connectivity index (χ3v) is 4.31. The average molecular weight is 301 g/mol. The van der Waals surface area contributed by atoms with Crippen LogP contribution in [-0.2, 0) is 14.9 Å². The summed E-state index contributed by atoms with van der Waals surface area (Å²) < 4.78 is 5.11. The van der Waals surface area contributed by atoms with Crippen molar-refractivity contribution in [1.82, 2.24) is 0 Å². The number of carbonyl (C=O) groups is 1. The first-order valence-corrected chi connectivity index (χ1v) is 7.68. The molecule has 0 bridgehead atoms. The molecule has 0 saturated carbocycles. The van der Waals surface area contributed by atoms with E-state index in [2.05, 4.69) is 13.8 Å². The van der Waals surface area contributed by atoms with Crippen LogP contribution in [0.25, 0.3) is 0 Å². The molecule has 1 aromatic carbocycles. The van der Waals surface area contributed by atoms with Crippen molar-refractivity contribution in [3.8, 4) is 0 Å². The van der Waals surface area contributed by atoms with E-state index in [4.69, 9.17) is 16.3 Å². The number of hydrogen-bond acceptors (Lipinski definition) is 3. The highest BCUT2D eigenvalue weighted by atomic mass is 35.5. The van der Waals surface area contributed by atoms with E-state index in [1.165, 1.54) is 0 Å². The summed E-state index contributed by atoms with van der Waals surface area (Å²) in [4.78, 5) is 13.0. The molecule has 106 valence electrons. The molecule has 19 heavy (non-hydrogen) atoms. The number of halogens is 1. The lowest BCUT2D eigenvalue weighted by Gasteiger charge is -2.23. The number of thioether (sulfide) groups is 1. The first-order chi connectivity index (χ1) is 8.78. The average Bonchev–Trinajstić information content (AvgIpc) is 2.31. The molecule has 0 fully saturated rings. The lowest BCUT2D eigenvalue weighted by Crippen LogP contribution is -2.31. The summed E-state index contributed by atoms with van der Waals surface area (Å²) in [7, 11) is 0. The first-order valence-electron chi connectivity index (χ1n) is 6.43. The lowest BCUT2D eigenvalue weighted by molar-refractivity contribution is -0.148. The van der Waals surface area contributed by atoms with Crippen molar-refractivity contribution >= 4 is 29.3 Å². The Labute approximate surface area is 124 Å². The van der Waals surface area contributed by atoms with Gasteiger partial charge in [0.25, 0.3) is 0 Å². The Morgan fingerprint density at radius 1 is 1.42 bits per heavy atom. The second-order valence-corrected chi connectivity index (χ2v) is 7.18. The van der Waals surface area contributed by atoms with E-state index in [0.29, 0.717) is 16.9 Å². The maximum Gasteiger partial charge on any atom is 0.315 e. The van der Waals surface area contributed by atoms with Gasteiger partial charge in [0.2, 0.25) is 0 Å². The highest BCUT2D eigenvalue weighted by Crippen LogP contribution is 2.34. The maximum atomic E-state index is 12.0. The Morgan fingerprint density at radius 2 is 2.05 bits per heavy atom. The SMILES string of the molecule is CCOC(=O)C(C)(C)c1ccc(SC(C)C)c(Cl)c1. The quantitative estimate of drug-likeness (QED) is 0.583. The van der Waals surface area contributed by atoms with Crippen LogP contribution >= 0.6 is 23.4 Å². The molecule has 4 heteroatoms. The van der Waals surface area contributed by atoms with Gasteiger partial charge < -0.3 is 4.74 Å². The van der Waals surface area contributed by atoms with Gasteiger partial charge in [0.05, 0.1) is 17.0 Å². The van der Waals surface area contributed by atoms with E-state index < -0.39 is 5.41 Å². The largest absolute Gasteiger partial charge is 0.465 e. The molecule has 0 atom stereocenters. The molecule has 0 aliphatic heterocycles. The van der Waals surface area contributed by atoms with Crippen LogP contribution in [0, 0.1) is 0 Å². The minimum atomic E-state index is -0.680. The van der Waals surface area contributed by atoms with Crippen molar-refractivity contribution in [2.75, 3.05) is 6.61 Å². The fourth-order valence-electron chi connectivity index (χ4n) is 1.67. The third kappa shape index (κ3) is 4.15. The Bertz CT molecular complexity index is 455. The van der Waals surface area contributed by atoms with Crippen LogP contribution in [0.3, 0.4) is 0 Å². The zero-order valence-corrected chi connectivity index (χ0v) is 13.7. The van der Waals surface area contributed by atoms with E-state index in [1.54, 1.807) is 11.8 Å².